The molecule has 1 aromatic rings. The lowest BCUT2D eigenvalue weighted by molar-refractivity contribution is -0.134. The highest BCUT2D eigenvalue weighted by atomic mass is 16.5. The van der Waals surface area contributed by atoms with E-state index in [1.807, 2.05) is 0 Å². The molecule has 1 saturated carbocycles. The van der Waals surface area contributed by atoms with E-state index in [9.17, 15) is 9.59 Å². The van der Waals surface area contributed by atoms with Gasteiger partial charge < -0.3 is 4.74 Å². The van der Waals surface area contributed by atoms with Crippen molar-refractivity contribution >= 4 is 12.2 Å². The molecule has 0 radical (unpaired) electrons. The molecule has 0 N–H and O–H groups in total. The third-order valence-corrected chi connectivity index (χ3v) is 3.31. The molecule has 98 valence electrons. The van der Waals surface area contributed by atoms with Gasteiger partial charge in [-0.1, -0.05) is 13.3 Å². The van der Waals surface area contributed by atoms with Crippen molar-refractivity contribution < 1.29 is 9.53 Å². The maximum absolute atomic E-state index is 11.9. The standard InChI is InChI=1S/C11H16N4O3/c1-11(5-3-6-11)8-15-10(17)14(12-13-15)7-4-9(16)18-2/h4,7H,3,5-6,8H2,1-2H3/b7-4+. The van der Waals surface area contributed by atoms with Crippen molar-refractivity contribution in [2.75, 3.05) is 7.11 Å². The average Bonchev–Trinajstić information content (AvgIpc) is 2.66. The maximum Gasteiger partial charge on any atom is 0.367 e. The number of carbonyl (C=O) groups excluding carboxylic acids is 1. The third-order valence-electron chi connectivity index (χ3n) is 3.31. The number of hydrogen-bond donors (Lipinski definition) is 0. The van der Waals surface area contributed by atoms with Crippen LogP contribution in [0.15, 0.2) is 10.9 Å². The van der Waals surface area contributed by atoms with Crippen LogP contribution in [0.3, 0.4) is 0 Å². The van der Waals surface area contributed by atoms with Gasteiger partial charge in [0, 0.05) is 12.3 Å². The highest BCUT2D eigenvalue weighted by Crippen LogP contribution is 2.41. The van der Waals surface area contributed by atoms with Gasteiger partial charge in [-0.2, -0.15) is 9.36 Å². The van der Waals surface area contributed by atoms with Gasteiger partial charge in [-0.15, -0.1) is 0 Å². The molecule has 7 heteroatoms. The van der Waals surface area contributed by atoms with E-state index in [1.165, 1.54) is 24.4 Å². The van der Waals surface area contributed by atoms with Crippen molar-refractivity contribution in [1.29, 1.82) is 0 Å². The molecule has 0 amide bonds. The van der Waals surface area contributed by atoms with Crippen molar-refractivity contribution in [3.05, 3.63) is 16.6 Å². The molecule has 1 heterocycles. The second-order valence-corrected chi connectivity index (χ2v) is 4.87. The summed E-state index contributed by atoms with van der Waals surface area (Å²) >= 11 is 0. The summed E-state index contributed by atoms with van der Waals surface area (Å²) in [5.74, 6) is -0.539. The number of nitrogens with zero attached hydrogens (tertiary/aromatic N) is 4. The van der Waals surface area contributed by atoms with Gasteiger partial charge in [-0.05, 0) is 28.7 Å². The van der Waals surface area contributed by atoms with Crippen molar-refractivity contribution in [1.82, 2.24) is 19.8 Å². The molecule has 1 fully saturated rings. The highest BCUT2D eigenvalue weighted by molar-refractivity contribution is 5.84. The largest absolute Gasteiger partial charge is 0.466 e. The smallest absolute Gasteiger partial charge is 0.367 e. The van der Waals surface area contributed by atoms with Gasteiger partial charge in [0.2, 0.25) is 0 Å². The minimum Gasteiger partial charge on any atom is -0.466 e. The minimum atomic E-state index is -0.539. The number of aromatic nitrogens is 4. The highest BCUT2D eigenvalue weighted by Gasteiger charge is 2.33. The fourth-order valence-electron chi connectivity index (χ4n) is 1.98. The first-order valence-corrected chi connectivity index (χ1v) is 5.82. The van der Waals surface area contributed by atoms with Gasteiger partial charge in [0.1, 0.15) is 0 Å². The molecule has 0 spiro atoms. The molecule has 1 aliphatic rings. The normalized spacial score (nSPS) is 17.7. The SMILES string of the molecule is COC(=O)/C=C/n1nnn(CC2(C)CCC2)c1=O. The summed E-state index contributed by atoms with van der Waals surface area (Å²) in [5, 5.41) is 7.49. The van der Waals surface area contributed by atoms with Crippen LogP contribution in [0.25, 0.3) is 6.20 Å². The first kappa shape index (κ1) is 12.5. The molecule has 2 rings (SSSR count). The van der Waals surface area contributed by atoms with Gasteiger partial charge >= 0.3 is 11.7 Å². The fourth-order valence-corrected chi connectivity index (χ4v) is 1.98. The number of esters is 1. The number of carbonyl (C=O) groups is 1. The van der Waals surface area contributed by atoms with Crippen LogP contribution in [0.1, 0.15) is 26.2 Å². The molecule has 18 heavy (non-hydrogen) atoms. The quantitative estimate of drug-likeness (QED) is 0.568. The van der Waals surface area contributed by atoms with Crippen molar-refractivity contribution in [3.8, 4) is 0 Å². The Hall–Kier alpha value is -1.92. The van der Waals surface area contributed by atoms with Gasteiger partial charge in [-0.3, -0.25) is 0 Å². The Labute approximate surface area is 104 Å². The van der Waals surface area contributed by atoms with Gasteiger partial charge in [0.25, 0.3) is 0 Å². The molecule has 7 nitrogen and oxygen atoms in total. The number of methoxy groups -OCH3 is 1. The van der Waals surface area contributed by atoms with E-state index in [-0.39, 0.29) is 11.1 Å². The Morgan fingerprint density at radius 3 is 2.78 bits per heavy atom. The average molecular weight is 252 g/mol. The van der Waals surface area contributed by atoms with E-state index in [4.69, 9.17) is 0 Å². The van der Waals surface area contributed by atoms with Crippen molar-refractivity contribution in [2.24, 2.45) is 5.41 Å². The predicted molar refractivity (Wildman–Crippen MR) is 63.6 cm³/mol. The number of hydrogen-bond acceptors (Lipinski definition) is 5. The first-order valence-electron chi connectivity index (χ1n) is 5.82. The molecule has 0 atom stereocenters. The summed E-state index contributed by atoms with van der Waals surface area (Å²) in [6.45, 7) is 2.70. The second-order valence-electron chi connectivity index (χ2n) is 4.87. The molecule has 1 aliphatic carbocycles. The van der Waals surface area contributed by atoms with Crippen LogP contribution in [-0.4, -0.2) is 32.9 Å². The Balaban J connectivity index is 2.11. The zero-order chi connectivity index (χ0) is 13.2. The van der Waals surface area contributed by atoms with Crippen LogP contribution in [0.2, 0.25) is 0 Å². The van der Waals surface area contributed by atoms with Crippen LogP contribution in [-0.2, 0) is 16.1 Å². The molecule has 0 bridgehead atoms. The zero-order valence-electron chi connectivity index (χ0n) is 10.5. The summed E-state index contributed by atoms with van der Waals surface area (Å²) in [5.41, 5.74) is -0.195. The second kappa shape index (κ2) is 4.75. The van der Waals surface area contributed by atoms with Gasteiger partial charge in [0.15, 0.2) is 0 Å². The molecule has 0 saturated heterocycles. The molecule has 0 aliphatic heterocycles. The van der Waals surface area contributed by atoms with E-state index < -0.39 is 5.97 Å². The first-order chi connectivity index (χ1) is 8.54. The molecular formula is C11H16N4O3. The monoisotopic (exact) mass is 252 g/mol. The maximum atomic E-state index is 11.9. The van der Waals surface area contributed by atoms with Crippen LogP contribution in [0, 0.1) is 5.41 Å². The molecular weight excluding hydrogens is 236 g/mol. The lowest BCUT2D eigenvalue weighted by Crippen LogP contribution is -2.35. The summed E-state index contributed by atoms with van der Waals surface area (Å²) < 4.78 is 6.79. The van der Waals surface area contributed by atoms with E-state index in [0.29, 0.717) is 6.54 Å². The van der Waals surface area contributed by atoms with Gasteiger partial charge in [-0.25, -0.2) is 9.59 Å². The Bertz CT molecular complexity index is 525. The lowest BCUT2D eigenvalue weighted by atomic mass is 9.70. The van der Waals surface area contributed by atoms with Crippen LogP contribution in [0.4, 0.5) is 0 Å². The Morgan fingerprint density at radius 2 is 2.22 bits per heavy atom. The van der Waals surface area contributed by atoms with Crippen molar-refractivity contribution in [2.45, 2.75) is 32.7 Å². The summed E-state index contributed by atoms with van der Waals surface area (Å²) in [4.78, 5) is 22.8. The molecule has 1 aromatic heterocycles. The van der Waals surface area contributed by atoms with E-state index in [1.54, 1.807) is 0 Å². The summed E-state index contributed by atoms with van der Waals surface area (Å²) in [6.07, 6.45) is 5.78. The Morgan fingerprint density at radius 1 is 1.50 bits per heavy atom. The summed E-state index contributed by atoms with van der Waals surface area (Å²) in [6, 6.07) is 0. The Kier molecular flexibility index (Phi) is 3.31. The fraction of sp³-hybridized carbons (Fsp3) is 0.636. The topological polar surface area (TPSA) is 79.0 Å². The van der Waals surface area contributed by atoms with E-state index >= 15 is 0 Å². The van der Waals surface area contributed by atoms with Crippen LogP contribution >= 0.6 is 0 Å². The number of tetrazole rings is 1. The number of rotatable bonds is 4. The van der Waals surface area contributed by atoms with E-state index in [0.717, 1.165) is 23.6 Å². The predicted octanol–water partition coefficient (Wildman–Crippen LogP) is 0.274. The molecule has 0 aromatic carbocycles. The summed E-state index contributed by atoms with van der Waals surface area (Å²) in [7, 11) is 1.27. The molecule has 0 unspecified atom stereocenters. The lowest BCUT2D eigenvalue weighted by Gasteiger charge is -2.37. The van der Waals surface area contributed by atoms with Crippen LogP contribution < -0.4 is 5.69 Å². The van der Waals surface area contributed by atoms with Crippen molar-refractivity contribution in [3.63, 3.8) is 0 Å². The van der Waals surface area contributed by atoms with E-state index in [2.05, 4.69) is 22.1 Å². The zero-order valence-corrected chi connectivity index (χ0v) is 10.5. The third kappa shape index (κ3) is 2.49. The van der Waals surface area contributed by atoms with Crippen LogP contribution in [0.5, 0.6) is 0 Å². The number of ether oxygens (including phenoxy) is 1. The minimum absolute atomic E-state index is 0.150. The van der Waals surface area contributed by atoms with Gasteiger partial charge in [0.05, 0.1) is 13.7 Å².